The maximum Gasteiger partial charge on any atom is 0.414 e. The van der Waals surface area contributed by atoms with Crippen molar-refractivity contribution < 1.29 is 23.5 Å². The predicted octanol–water partition coefficient (Wildman–Crippen LogP) is 0.508. The number of hydrazine groups is 1. The number of cyclic esters (lactones) is 1. The van der Waals surface area contributed by atoms with Crippen LogP contribution in [-0.4, -0.2) is 42.1 Å². The molecule has 1 fully saturated rings. The number of carbonyl (C=O) groups is 3. The number of anilines is 1. The summed E-state index contributed by atoms with van der Waals surface area (Å²) in [4.78, 5) is 41.0. The van der Waals surface area contributed by atoms with E-state index in [1.54, 1.807) is 24.4 Å². The van der Waals surface area contributed by atoms with Crippen LogP contribution in [0.3, 0.4) is 0 Å². The van der Waals surface area contributed by atoms with Crippen LogP contribution in [0.25, 0.3) is 0 Å². The van der Waals surface area contributed by atoms with E-state index in [0.717, 1.165) is 6.07 Å². The number of nitrogens with one attached hydrogen (secondary N) is 2. The summed E-state index contributed by atoms with van der Waals surface area (Å²) in [6.07, 6.45) is 0.410. The Labute approximate surface area is 159 Å². The molecule has 2 aromatic rings. The van der Waals surface area contributed by atoms with Crippen molar-refractivity contribution in [3.05, 3.63) is 59.7 Å². The van der Waals surface area contributed by atoms with Gasteiger partial charge in [0.1, 0.15) is 11.9 Å². The van der Waals surface area contributed by atoms with E-state index in [4.69, 9.17) is 10.5 Å². The van der Waals surface area contributed by atoms with Crippen molar-refractivity contribution in [3.63, 3.8) is 0 Å². The molecular formula is C18H18FN5O4. The van der Waals surface area contributed by atoms with Crippen LogP contribution in [0, 0.1) is 5.82 Å². The minimum Gasteiger partial charge on any atom is -0.443 e. The van der Waals surface area contributed by atoms with Gasteiger partial charge in [-0.2, -0.15) is 0 Å². The third-order valence-electron chi connectivity index (χ3n) is 4.03. The molecule has 3 amide bonds. The Morgan fingerprint density at radius 1 is 1.29 bits per heavy atom. The number of halogens is 1. The van der Waals surface area contributed by atoms with Gasteiger partial charge in [-0.3, -0.25) is 30.3 Å². The number of pyridine rings is 1. The Hall–Kier alpha value is -3.53. The second kappa shape index (κ2) is 8.44. The zero-order valence-corrected chi connectivity index (χ0v) is 14.7. The standard InChI is InChI=1S/C18H18FN5O4/c19-15-8-12(24-10-13(9-20)28-18(24)27)4-5-14(15)17(26)23-22-16(25)7-11-3-1-2-6-21-11/h1-6,8,13H,7,9-10,20H2,(H,22,25)(H,23,26)/t13-/m0/s1. The summed E-state index contributed by atoms with van der Waals surface area (Å²) in [7, 11) is 0. The van der Waals surface area contributed by atoms with Crippen molar-refractivity contribution in [2.24, 2.45) is 5.73 Å². The van der Waals surface area contributed by atoms with Gasteiger partial charge in [-0.15, -0.1) is 0 Å². The number of hydrogen-bond acceptors (Lipinski definition) is 6. The van der Waals surface area contributed by atoms with E-state index in [2.05, 4.69) is 15.8 Å². The lowest BCUT2D eigenvalue weighted by molar-refractivity contribution is -0.121. The molecule has 1 aromatic carbocycles. The number of nitrogens with two attached hydrogens (primary N) is 1. The number of rotatable bonds is 5. The number of benzene rings is 1. The van der Waals surface area contributed by atoms with Crippen molar-refractivity contribution in [2.75, 3.05) is 18.0 Å². The zero-order chi connectivity index (χ0) is 20.1. The van der Waals surface area contributed by atoms with Gasteiger partial charge < -0.3 is 10.5 Å². The second-order valence-electron chi connectivity index (χ2n) is 6.02. The lowest BCUT2D eigenvalue weighted by atomic mass is 10.1. The third kappa shape index (κ3) is 4.41. The van der Waals surface area contributed by atoms with Crippen LogP contribution in [0.2, 0.25) is 0 Å². The summed E-state index contributed by atoms with van der Waals surface area (Å²) in [5.41, 5.74) is 10.3. The predicted molar refractivity (Wildman–Crippen MR) is 96.6 cm³/mol. The maximum absolute atomic E-state index is 14.3. The lowest BCUT2D eigenvalue weighted by Gasteiger charge is -2.14. The molecule has 9 nitrogen and oxygen atoms in total. The van der Waals surface area contributed by atoms with Gasteiger partial charge in [0.25, 0.3) is 5.91 Å². The molecule has 3 rings (SSSR count). The topological polar surface area (TPSA) is 127 Å². The largest absolute Gasteiger partial charge is 0.443 e. The summed E-state index contributed by atoms with van der Waals surface area (Å²) in [5, 5.41) is 0. The summed E-state index contributed by atoms with van der Waals surface area (Å²) in [5.74, 6) is -2.18. The molecule has 28 heavy (non-hydrogen) atoms. The molecule has 146 valence electrons. The van der Waals surface area contributed by atoms with Crippen molar-refractivity contribution in [1.82, 2.24) is 15.8 Å². The van der Waals surface area contributed by atoms with Gasteiger partial charge in [0, 0.05) is 18.4 Å². The summed E-state index contributed by atoms with van der Waals surface area (Å²) in [6.45, 7) is 0.354. The van der Waals surface area contributed by atoms with Gasteiger partial charge >= 0.3 is 6.09 Å². The van der Waals surface area contributed by atoms with Crippen molar-refractivity contribution in [3.8, 4) is 0 Å². The summed E-state index contributed by atoms with van der Waals surface area (Å²) in [6, 6.07) is 8.79. The molecular weight excluding hydrogens is 369 g/mol. The van der Waals surface area contributed by atoms with Crippen LogP contribution in [0.5, 0.6) is 0 Å². The number of ether oxygens (including phenoxy) is 1. The third-order valence-corrected chi connectivity index (χ3v) is 4.03. The highest BCUT2D eigenvalue weighted by molar-refractivity contribution is 5.97. The highest BCUT2D eigenvalue weighted by Gasteiger charge is 2.32. The average molecular weight is 387 g/mol. The normalized spacial score (nSPS) is 15.9. The van der Waals surface area contributed by atoms with Gasteiger partial charge in [-0.1, -0.05) is 6.07 Å². The molecule has 1 aliphatic rings. The molecule has 0 unspecified atom stereocenters. The number of amides is 3. The van der Waals surface area contributed by atoms with Crippen LogP contribution in [-0.2, 0) is 16.0 Å². The van der Waals surface area contributed by atoms with E-state index in [1.165, 1.54) is 17.0 Å². The average Bonchev–Trinajstić information content (AvgIpc) is 3.07. The Bertz CT molecular complexity index is 893. The number of nitrogens with zero attached hydrogens (tertiary/aromatic N) is 2. The molecule has 0 saturated carbocycles. The maximum atomic E-state index is 14.3. The van der Waals surface area contributed by atoms with E-state index in [0.29, 0.717) is 5.69 Å². The van der Waals surface area contributed by atoms with E-state index < -0.39 is 29.8 Å². The smallest absolute Gasteiger partial charge is 0.414 e. The van der Waals surface area contributed by atoms with Gasteiger partial charge in [0.2, 0.25) is 5.91 Å². The highest BCUT2D eigenvalue weighted by atomic mass is 19.1. The fraction of sp³-hybridized carbons (Fsp3) is 0.222. The van der Waals surface area contributed by atoms with Gasteiger partial charge in [0.05, 0.1) is 24.2 Å². The summed E-state index contributed by atoms with van der Waals surface area (Å²) >= 11 is 0. The fourth-order valence-electron chi connectivity index (χ4n) is 2.62. The first kappa shape index (κ1) is 19.2. The van der Waals surface area contributed by atoms with Crippen LogP contribution in [0.4, 0.5) is 14.9 Å². The van der Waals surface area contributed by atoms with E-state index >= 15 is 0 Å². The first-order valence-corrected chi connectivity index (χ1v) is 8.44. The lowest BCUT2D eigenvalue weighted by Crippen LogP contribution is -2.42. The quantitative estimate of drug-likeness (QED) is 0.642. The van der Waals surface area contributed by atoms with Crippen LogP contribution >= 0.6 is 0 Å². The molecule has 1 aromatic heterocycles. The first-order chi connectivity index (χ1) is 13.5. The minimum absolute atomic E-state index is 0.0398. The van der Waals surface area contributed by atoms with Crippen molar-refractivity contribution in [2.45, 2.75) is 12.5 Å². The molecule has 0 bridgehead atoms. The first-order valence-electron chi connectivity index (χ1n) is 8.44. The minimum atomic E-state index is -0.849. The Morgan fingerprint density at radius 2 is 2.11 bits per heavy atom. The number of hydrogen-bond donors (Lipinski definition) is 3. The van der Waals surface area contributed by atoms with E-state index in [9.17, 15) is 18.8 Å². The molecule has 0 aliphatic carbocycles. The fourth-order valence-corrected chi connectivity index (χ4v) is 2.62. The summed E-state index contributed by atoms with van der Waals surface area (Å²) < 4.78 is 19.4. The molecule has 1 saturated heterocycles. The van der Waals surface area contributed by atoms with E-state index in [1.807, 2.05) is 0 Å². The van der Waals surface area contributed by atoms with Crippen LogP contribution in [0.1, 0.15) is 16.1 Å². The monoisotopic (exact) mass is 387 g/mol. The molecule has 2 heterocycles. The van der Waals surface area contributed by atoms with E-state index in [-0.39, 0.29) is 30.8 Å². The SMILES string of the molecule is NC[C@H]1CN(c2ccc(C(=O)NNC(=O)Cc3ccccn3)c(F)c2)C(=O)O1. The van der Waals surface area contributed by atoms with Gasteiger partial charge in [0.15, 0.2) is 0 Å². The second-order valence-corrected chi connectivity index (χ2v) is 6.02. The van der Waals surface area contributed by atoms with Crippen LogP contribution < -0.4 is 21.5 Å². The zero-order valence-electron chi connectivity index (χ0n) is 14.7. The van der Waals surface area contributed by atoms with Crippen LogP contribution in [0.15, 0.2) is 42.6 Å². The highest BCUT2D eigenvalue weighted by Crippen LogP contribution is 2.23. The van der Waals surface area contributed by atoms with Crippen molar-refractivity contribution >= 4 is 23.6 Å². The molecule has 1 atom stereocenters. The molecule has 1 aliphatic heterocycles. The Morgan fingerprint density at radius 3 is 2.75 bits per heavy atom. The molecule has 0 radical (unpaired) electrons. The molecule has 4 N–H and O–H groups in total. The Kier molecular flexibility index (Phi) is 5.80. The van der Waals surface area contributed by atoms with Gasteiger partial charge in [-0.05, 0) is 30.3 Å². The number of carbonyl (C=O) groups excluding carboxylic acids is 3. The number of aromatic nitrogens is 1. The van der Waals surface area contributed by atoms with Crippen molar-refractivity contribution in [1.29, 1.82) is 0 Å². The van der Waals surface area contributed by atoms with Gasteiger partial charge in [-0.25, -0.2) is 9.18 Å². The Balaban J connectivity index is 1.60. The molecule has 10 heteroatoms. The molecule has 0 spiro atoms.